The monoisotopic (exact) mass is 240 g/mol. The van der Waals surface area contributed by atoms with Crippen LogP contribution < -0.4 is 0 Å². The van der Waals surface area contributed by atoms with Crippen molar-refractivity contribution in [2.45, 2.75) is 37.8 Å². The van der Waals surface area contributed by atoms with E-state index in [4.69, 9.17) is 9.84 Å². The van der Waals surface area contributed by atoms with Gasteiger partial charge in [-0.2, -0.15) is 0 Å². The van der Waals surface area contributed by atoms with Gasteiger partial charge in [-0.1, -0.05) is 0 Å². The van der Waals surface area contributed by atoms with E-state index in [2.05, 4.69) is 9.97 Å². The summed E-state index contributed by atoms with van der Waals surface area (Å²) < 4.78 is 5.37. The van der Waals surface area contributed by atoms with Crippen molar-refractivity contribution in [3.63, 3.8) is 0 Å². The van der Waals surface area contributed by atoms with Crippen molar-refractivity contribution in [2.75, 3.05) is 6.61 Å². The number of ether oxygens (including phenoxy) is 1. The molecule has 0 amide bonds. The molecule has 0 spiro atoms. The number of hydrogen-bond donors (Lipinski definition) is 3. The lowest BCUT2D eigenvalue weighted by atomic mass is 10.0. The van der Waals surface area contributed by atoms with Crippen LogP contribution >= 0.6 is 0 Å². The van der Waals surface area contributed by atoms with Crippen LogP contribution in [0.25, 0.3) is 0 Å². The van der Waals surface area contributed by atoms with Gasteiger partial charge in [-0.25, -0.2) is 9.97 Å². The summed E-state index contributed by atoms with van der Waals surface area (Å²) >= 11 is 0. The third-order valence-corrected chi connectivity index (χ3v) is 2.91. The average molecular weight is 240 g/mol. The highest BCUT2D eigenvalue weighted by atomic mass is 16.6. The number of hydrogen-bond acceptors (Lipinski definition) is 6. The number of nitrogens with zero attached hydrogens (tertiary/aromatic N) is 2. The number of rotatable bonds is 3. The van der Waals surface area contributed by atoms with Gasteiger partial charge in [-0.15, -0.1) is 0 Å². The first-order valence-electron chi connectivity index (χ1n) is 5.52. The summed E-state index contributed by atoms with van der Waals surface area (Å²) in [4.78, 5) is 8.04. The Morgan fingerprint density at radius 3 is 2.53 bits per heavy atom. The smallest absolute Gasteiger partial charge is 0.115 e. The Labute approximate surface area is 98.9 Å². The Morgan fingerprint density at radius 2 is 1.94 bits per heavy atom. The molecule has 0 radical (unpaired) electrons. The molecule has 4 unspecified atom stereocenters. The Balaban J connectivity index is 2.05. The van der Waals surface area contributed by atoms with Crippen molar-refractivity contribution in [2.24, 2.45) is 0 Å². The number of aliphatic hydroxyl groups is 3. The summed E-state index contributed by atoms with van der Waals surface area (Å²) in [5, 5.41) is 28.3. The molecule has 6 heteroatoms. The Hall–Kier alpha value is -1.08. The maximum absolute atomic E-state index is 9.76. The van der Waals surface area contributed by atoms with Gasteiger partial charge in [-0.05, 0) is 13.0 Å². The molecule has 0 saturated carbocycles. The van der Waals surface area contributed by atoms with Gasteiger partial charge in [0.1, 0.15) is 24.6 Å². The lowest BCUT2D eigenvalue weighted by Gasteiger charge is -2.13. The molecule has 4 atom stereocenters. The molecule has 6 nitrogen and oxygen atoms in total. The molecule has 2 heterocycles. The van der Waals surface area contributed by atoms with Gasteiger partial charge in [0.25, 0.3) is 0 Å². The van der Waals surface area contributed by atoms with Crippen LogP contribution in [0.15, 0.2) is 12.4 Å². The first-order chi connectivity index (χ1) is 8.11. The molecule has 94 valence electrons. The zero-order chi connectivity index (χ0) is 12.4. The van der Waals surface area contributed by atoms with Crippen molar-refractivity contribution in [1.82, 2.24) is 9.97 Å². The average Bonchev–Trinajstić information content (AvgIpc) is 2.57. The van der Waals surface area contributed by atoms with Gasteiger partial charge in [0.15, 0.2) is 0 Å². The molecule has 1 aromatic rings. The molecule has 0 bridgehead atoms. The molecule has 0 aliphatic carbocycles. The van der Waals surface area contributed by atoms with E-state index in [0.29, 0.717) is 6.42 Å². The van der Waals surface area contributed by atoms with Gasteiger partial charge in [-0.3, -0.25) is 0 Å². The Kier molecular flexibility index (Phi) is 3.68. The minimum Gasteiger partial charge on any atom is -0.394 e. The van der Waals surface area contributed by atoms with Crippen LogP contribution in [0.2, 0.25) is 0 Å². The summed E-state index contributed by atoms with van der Waals surface area (Å²) in [6.07, 6.45) is -1.48. The predicted octanol–water partition coefficient (Wildman–Crippen LogP) is -1.19. The van der Waals surface area contributed by atoms with Crippen molar-refractivity contribution < 1.29 is 20.1 Å². The largest absolute Gasteiger partial charge is 0.394 e. The highest BCUT2D eigenvalue weighted by Gasteiger charge is 2.42. The van der Waals surface area contributed by atoms with E-state index in [0.717, 1.165) is 11.4 Å². The zero-order valence-electron chi connectivity index (χ0n) is 9.52. The quantitative estimate of drug-likeness (QED) is 0.615. The lowest BCUT2D eigenvalue weighted by Crippen LogP contribution is -2.34. The fourth-order valence-electron chi connectivity index (χ4n) is 1.97. The number of aryl methyl sites for hydroxylation is 1. The minimum atomic E-state index is -1.05. The fraction of sp³-hybridized carbons (Fsp3) is 0.636. The van der Waals surface area contributed by atoms with Crippen molar-refractivity contribution in [3.8, 4) is 0 Å². The second-order valence-corrected chi connectivity index (χ2v) is 4.23. The molecule has 3 N–H and O–H groups in total. The summed E-state index contributed by atoms with van der Waals surface area (Å²) in [5.41, 5.74) is 1.58. The van der Waals surface area contributed by atoms with E-state index < -0.39 is 24.4 Å². The Bertz CT molecular complexity index is 387. The summed E-state index contributed by atoms with van der Waals surface area (Å²) in [6.45, 7) is 1.54. The predicted molar refractivity (Wildman–Crippen MR) is 58.2 cm³/mol. The van der Waals surface area contributed by atoms with Crippen LogP contribution in [-0.2, 0) is 11.2 Å². The third kappa shape index (κ3) is 2.61. The van der Waals surface area contributed by atoms with Gasteiger partial charge in [0, 0.05) is 17.8 Å². The van der Waals surface area contributed by atoms with Crippen LogP contribution in [0.5, 0.6) is 0 Å². The third-order valence-electron chi connectivity index (χ3n) is 2.91. The van der Waals surface area contributed by atoms with Gasteiger partial charge in [0.05, 0.1) is 12.7 Å². The first kappa shape index (κ1) is 12.4. The topological polar surface area (TPSA) is 95.7 Å². The van der Waals surface area contributed by atoms with Crippen LogP contribution in [0.1, 0.15) is 11.4 Å². The zero-order valence-corrected chi connectivity index (χ0v) is 9.52. The normalized spacial score (nSPS) is 32.9. The number of aliphatic hydroxyl groups excluding tert-OH is 3. The molecular formula is C11H16N2O4. The summed E-state index contributed by atoms with van der Waals surface area (Å²) in [5.74, 6) is 0. The maximum Gasteiger partial charge on any atom is 0.115 e. The molecule has 1 saturated heterocycles. The first-order valence-corrected chi connectivity index (χ1v) is 5.52. The van der Waals surface area contributed by atoms with E-state index in [1.54, 1.807) is 6.07 Å². The Morgan fingerprint density at radius 1 is 1.24 bits per heavy atom. The maximum atomic E-state index is 9.76. The van der Waals surface area contributed by atoms with Crippen molar-refractivity contribution in [3.05, 3.63) is 23.8 Å². The van der Waals surface area contributed by atoms with E-state index in [9.17, 15) is 10.2 Å². The number of aromatic nitrogens is 2. The van der Waals surface area contributed by atoms with Gasteiger partial charge in [0.2, 0.25) is 0 Å². The standard InChI is InChI=1S/C11H16N2O4/c1-6-2-7(13-5-12-6)3-8-10(15)11(16)9(4-14)17-8/h2,5,8-11,14-16H,3-4H2,1H3. The van der Waals surface area contributed by atoms with Crippen LogP contribution in [0.3, 0.4) is 0 Å². The lowest BCUT2D eigenvalue weighted by molar-refractivity contribution is -0.0218. The molecular weight excluding hydrogens is 224 g/mol. The summed E-state index contributed by atoms with van der Waals surface area (Å²) in [7, 11) is 0. The molecule has 2 rings (SSSR count). The molecule has 1 aromatic heterocycles. The second-order valence-electron chi connectivity index (χ2n) is 4.23. The van der Waals surface area contributed by atoms with E-state index in [1.807, 2.05) is 6.92 Å². The highest BCUT2D eigenvalue weighted by Crippen LogP contribution is 2.23. The summed E-state index contributed by atoms with van der Waals surface area (Å²) in [6, 6.07) is 1.80. The van der Waals surface area contributed by atoms with Crippen LogP contribution in [0, 0.1) is 6.92 Å². The van der Waals surface area contributed by atoms with E-state index in [1.165, 1.54) is 6.33 Å². The van der Waals surface area contributed by atoms with Gasteiger partial charge >= 0.3 is 0 Å². The molecule has 1 fully saturated rings. The molecule has 1 aliphatic rings. The van der Waals surface area contributed by atoms with E-state index >= 15 is 0 Å². The molecule has 0 aromatic carbocycles. The highest BCUT2D eigenvalue weighted by molar-refractivity contribution is 5.09. The van der Waals surface area contributed by atoms with Crippen molar-refractivity contribution >= 4 is 0 Å². The van der Waals surface area contributed by atoms with Crippen LogP contribution in [-0.4, -0.2) is 56.3 Å². The minimum absolute atomic E-state index is 0.308. The van der Waals surface area contributed by atoms with Gasteiger partial charge < -0.3 is 20.1 Å². The van der Waals surface area contributed by atoms with E-state index in [-0.39, 0.29) is 6.61 Å². The fourth-order valence-corrected chi connectivity index (χ4v) is 1.97. The molecule has 17 heavy (non-hydrogen) atoms. The van der Waals surface area contributed by atoms with Crippen LogP contribution in [0.4, 0.5) is 0 Å². The van der Waals surface area contributed by atoms with Crippen molar-refractivity contribution in [1.29, 1.82) is 0 Å². The second kappa shape index (κ2) is 5.05. The molecule has 1 aliphatic heterocycles. The SMILES string of the molecule is Cc1cc(CC2OC(CO)C(O)C2O)ncn1.